The number of Topliss-reactive ketones (excluding diaryl/α,β-unsaturated/α-hetero) is 1. The zero-order valence-corrected chi connectivity index (χ0v) is 23.5. The molecular formula is C33H27ClN2O6. The summed E-state index contributed by atoms with van der Waals surface area (Å²) in [5.74, 6) is -1.89. The highest BCUT2D eigenvalue weighted by atomic mass is 35.5. The molecule has 2 amide bonds. The summed E-state index contributed by atoms with van der Waals surface area (Å²) in [6.07, 6.45) is 2.40. The van der Waals surface area contributed by atoms with Crippen LogP contribution in [0.15, 0.2) is 72.8 Å². The first-order valence-corrected chi connectivity index (χ1v) is 14.2. The summed E-state index contributed by atoms with van der Waals surface area (Å²) in [5, 5.41) is 10.8. The van der Waals surface area contributed by atoms with Gasteiger partial charge in [0.1, 0.15) is 5.75 Å². The molecule has 0 spiro atoms. The van der Waals surface area contributed by atoms with Gasteiger partial charge in [0.2, 0.25) is 17.6 Å². The van der Waals surface area contributed by atoms with E-state index in [4.69, 9.17) is 21.3 Å². The van der Waals surface area contributed by atoms with Gasteiger partial charge >= 0.3 is 5.97 Å². The zero-order valence-electron chi connectivity index (χ0n) is 22.7. The number of imide groups is 1. The van der Waals surface area contributed by atoms with Crippen LogP contribution in [0.4, 0.5) is 5.69 Å². The molecule has 2 heterocycles. The van der Waals surface area contributed by atoms with Crippen molar-refractivity contribution >= 4 is 51.8 Å². The molecule has 1 saturated heterocycles. The quantitative estimate of drug-likeness (QED) is 0.163. The van der Waals surface area contributed by atoms with Crippen LogP contribution < -0.4 is 4.90 Å². The maximum atomic E-state index is 13.2. The van der Waals surface area contributed by atoms with Crippen molar-refractivity contribution in [1.82, 2.24) is 4.98 Å². The monoisotopic (exact) mass is 582 g/mol. The van der Waals surface area contributed by atoms with Gasteiger partial charge in [-0.3, -0.25) is 19.3 Å². The summed E-state index contributed by atoms with van der Waals surface area (Å²) in [5.41, 5.74) is 2.32. The minimum absolute atomic E-state index is 0.0532. The molecule has 212 valence electrons. The Morgan fingerprint density at radius 3 is 2.45 bits per heavy atom. The predicted molar refractivity (Wildman–Crippen MR) is 157 cm³/mol. The van der Waals surface area contributed by atoms with Gasteiger partial charge in [-0.2, -0.15) is 0 Å². The van der Waals surface area contributed by atoms with Gasteiger partial charge in [0.25, 0.3) is 0 Å². The number of fused-ring (bicyclic) bond motifs is 2. The van der Waals surface area contributed by atoms with Gasteiger partial charge in [-0.1, -0.05) is 42.8 Å². The lowest BCUT2D eigenvalue weighted by molar-refractivity contribution is -0.122. The van der Waals surface area contributed by atoms with Gasteiger partial charge in [0.05, 0.1) is 39.9 Å². The lowest BCUT2D eigenvalue weighted by Gasteiger charge is -2.25. The molecule has 6 rings (SSSR count). The molecule has 1 aliphatic heterocycles. The minimum Gasteiger partial charge on any atom is -0.507 e. The number of benzene rings is 3. The number of halogens is 1. The molecule has 1 N–H and O–H groups in total. The van der Waals surface area contributed by atoms with Crippen LogP contribution in [0.25, 0.3) is 22.2 Å². The van der Waals surface area contributed by atoms with E-state index in [0.717, 1.165) is 19.3 Å². The predicted octanol–water partition coefficient (Wildman–Crippen LogP) is 6.23. The highest BCUT2D eigenvalue weighted by molar-refractivity contribution is 6.31. The number of ether oxygens (including phenoxy) is 1. The van der Waals surface area contributed by atoms with E-state index in [-0.39, 0.29) is 40.5 Å². The number of aromatic nitrogens is 1. The number of aromatic hydroxyl groups is 1. The van der Waals surface area contributed by atoms with Crippen molar-refractivity contribution in [3.63, 3.8) is 0 Å². The van der Waals surface area contributed by atoms with Gasteiger partial charge < -0.3 is 9.84 Å². The number of para-hydroxylation sites is 1. The van der Waals surface area contributed by atoms with E-state index in [1.165, 1.54) is 17.0 Å². The summed E-state index contributed by atoms with van der Waals surface area (Å²) in [7, 11) is 0. The number of pyridine rings is 1. The summed E-state index contributed by atoms with van der Waals surface area (Å²) in [6, 6.07) is 19.5. The van der Waals surface area contributed by atoms with Crippen LogP contribution >= 0.6 is 11.6 Å². The summed E-state index contributed by atoms with van der Waals surface area (Å²) in [6.45, 7) is 1.55. The largest absolute Gasteiger partial charge is 0.507 e. The fraction of sp³-hybridized carbons (Fsp3) is 0.242. The highest BCUT2D eigenvalue weighted by Crippen LogP contribution is 2.42. The van der Waals surface area contributed by atoms with E-state index in [0.29, 0.717) is 38.8 Å². The van der Waals surface area contributed by atoms with Gasteiger partial charge in [0.15, 0.2) is 6.61 Å². The molecule has 0 bridgehead atoms. The molecule has 42 heavy (non-hydrogen) atoms. The molecule has 1 aromatic heterocycles. The molecule has 1 saturated carbocycles. The van der Waals surface area contributed by atoms with Crippen molar-refractivity contribution in [2.75, 3.05) is 11.5 Å². The van der Waals surface area contributed by atoms with Crippen LogP contribution in [0.5, 0.6) is 5.75 Å². The second-order valence-corrected chi connectivity index (χ2v) is 11.4. The number of amides is 2. The smallest absolute Gasteiger partial charge is 0.339 e. The van der Waals surface area contributed by atoms with Crippen LogP contribution in [0.3, 0.4) is 0 Å². The average molecular weight is 583 g/mol. The van der Waals surface area contributed by atoms with Crippen molar-refractivity contribution in [2.24, 2.45) is 17.8 Å². The van der Waals surface area contributed by atoms with Crippen LogP contribution in [0.2, 0.25) is 5.02 Å². The van der Waals surface area contributed by atoms with E-state index in [2.05, 4.69) is 6.92 Å². The number of phenols is 1. The lowest BCUT2D eigenvalue weighted by Crippen LogP contribution is -2.30. The molecule has 3 aromatic carbocycles. The van der Waals surface area contributed by atoms with E-state index in [9.17, 15) is 24.3 Å². The number of ketones is 1. The maximum absolute atomic E-state index is 13.2. The molecule has 8 nitrogen and oxygen atoms in total. The van der Waals surface area contributed by atoms with Crippen LogP contribution in [0, 0.1) is 17.8 Å². The number of hydrogen-bond donors (Lipinski definition) is 1. The molecule has 1 aliphatic carbocycles. The second-order valence-electron chi connectivity index (χ2n) is 10.9. The average Bonchev–Trinajstić information content (AvgIpc) is 3.23. The number of esters is 1. The number of carbonyl (C=O) groups excluding carboxylic acids is 4. The van der Waals surface area contributed by atoms with E-state index >= 15 is 0 Å². The Morgan fingerprint density at radius 2 is 1.69 bits per heavy atom. The summed E-state index contributed by atoms with van der Waals surface area (Å²) >= 11 is 6.21. The Bertz CT molecular complexity index is 1750. The number of nitrogens with zero attached hydrogens (tertiary/aromatic N) is 2. The van der Waals surface area contributed by atoms with E-state index in [1.54, 1.807) is 60.7 Å². The Balaban J connectivity index is 1.28. The Morgan fingerprint density at radius 1 is 0.952 bits per heavy atom. The Kier molecular flexibility index (Phi) is 7.24. The Labute approximate surface area is 246 Å². The molecule has 2 aliphatic rings. The van der Waals surface area contributed by atoms with E-state index in [1.807, 2.05) is 0 Å². The van der Waals surface area contributed by atoms with Crippen molar-refractivity contribution in [1.29, 1.82) is 0 Å². The first-order valence-electron chi connectivity index (χ1n) is 13.8. The first-order chi connectivity index (χ1) is 20.2. The number of phenolic OH excluding ortho intramolecular Hbond substituents is 1. The minimum atomic E-state index is -0.753. The molecule has 9 heteroatoms. The van der Waals surface area contributed by atoms with Gasteiger partial charge in [-0.25, -0.2) is 9.78 Å². The van der Waals surface area contributed by atoms with Gasteiger partial charge in [0, 0.05) is 16.0 Å². The SMILES string of the molecule is CC1CCC2C(=O)N(c3ccc(-c4cc(C(=O)OCC(=O)c5ccccc5O)c5cc(Cl)ccc5n4)cc3)C(=O)C2C1. The summed E-state index contributed by atoms with van der Waals surface area (Å²) < 4.78 is 5.35. The molecule has 4 aromatic rings. The third-order valence-electron chi connectivity index (χ3n) is 8.14. The fourth-order valence-electron chi connectivity index (χ4n) is 5.94. The van der Waals surface area contributed by atoms with Crippen molar-refractivity contribution < 1.29 is 29.0 Å². The first kappa shape index (κ1) is 27.6. The third kappa shape index (κ3) is 5.03. The zero-order chi connectivity index (χ0) is 29.5. The van der Waals surface area contributed by atoms with Crippen LogP contribution in [0.1, 0.15) is 46.9 Å². The van der Waals surface area contributed by atoms with Crippen molar-refractivity contribution in [3.8, 4) is 17.0 Å². The molecule has 3 atom stereocenters. The third-order valence-corrected chi connectivity index (χ3v) is 8.37. The molecule has 0 radical (unpaired) electrons. The van der Waals surface area contributed by atoms with Gasteiger partial charge in [-0.05, 0) is 73.7 Å². The van der Waals surface area contributed by atoms with Crippen LogP contribution in [-0.4, -0.2) is 40.3 Å². The second kappa shape index (κ2) is 11.0. The number of hydrogen-bond acceptors (Lipinski definition) is 7. The normalized spacial score (nSPS) is 20.0. The topological polar surface area (TPSA) is 114 Å². The highest BCUT2D eigenvalue weighted by Gasteiger charge is 2.49. The molecule has 2 fully saturated rings. The fourth-order valence-corrected chi connectivity index (χ4v) is 6.11. The van der Waals surface area contributed by atoms with Crippen molar-refractivity contribution in [2.45, 2.75) is 26.2 Å². The lowest BCUT2D eigenvalue weighted by atomic mass is 9.76. The number of anilines is 1. The standard InChI is InChI=1S/C33H27ClN2O6/c1-18-6-12-22-25(14-18)32(40)36(31(22)39)21-10-7-19(8-11-21)28-16-26(24-15-20(34)9-13-27(24)35-28)33(41)42-17-30(38)23-4-2-3-5-29(23)37/h2-5,7-11,13,15-16,18,22,25,37H,6,12,14,17H2,1H3. The van der Waals surface area contributed by atoms with Gasteiger partial charge in [-0.15, -0.1) is 0 Å². The number of rotatable bonds is 6. The summed E-state index contributed by atoms with van der Waals surface area (Å²) in [4.78, 5) is 58.1. The number of carbonyl (C=O) groups is 4. The van der Waals surface area contributed by atoms with Crippen molar-refractivity contribution in [3.05, 3.63) is 88.9 Å². The molecular weight excluding hydrogens is 556 g/mol. The maximum Gasteiger partial charge on any atom is 0.339 e. The Hall–Kier alpha value is -4.56. The van der Waals surface area contributed by atoms with E-state index < -0.39 is 18.4 Å². The van der Waals surface area contributed by atoms with Crippen LogP contribution in [-0.2, 0) is 14.3 Å². The molecule has 3 unspecified atom stereocenters.